The molecule has 0 saturated carbocycles. The third-order valence-electron chi connectivity index (χ3n) is 5.79. The van der Waals surface area contributed by atoms with Gasteiger partial charge in [-0.15, -0.1) is 27.8 Å². The summed E-state index contributed by atoms with van der Waals surface area (Å²) in [7, 11) is 0. The maximum absolute atomic E-state index is 13.1. The van der Waals surface area contributed by atoms with Gasteiger partial charge < -0.3 is 11.1 Å². The SMILES string of the molecule is C[C@H]1CCc2c(sc3nnn(CC(=O)Nc4sc(-c5ccccc5)cc4C(N)=O)c(=O)c23)C1. The molecule has 0 fully saturated rings. The van der Waals surface area contributed by atoms with Crippen molar-refractivity contribution in [3.63, 3.8) is 0 Å². The van der Waals surface area contributed by atoms with Crippen molar-refractivity contribution >= 4 is 49.7 Å². The number of nitrogens with zero attached hydrogens (tertiary/aromatic N) is 3. The van der Waals surface area contributed by atoms with Gasteiger partial charge in [-0.2, -0.15) is 0 Å². The quantitative estimate of drug-likeness (QED) is 0.454. The molecule has 33 heavy (non-hydrogen) atoms. The highest BCUT2D eigenvalue weighted by molar-refractivity contribution is 7.20. The normalized spacial score (nSPS) is 15.4. The summed E-state index contributed by atoms with van der Waals surface area (Å²) in [5.74, 6) is -0.536. The molecule has 8 nitrogen and oxygen atoms in total. The van der Waals surface area contributed by atoms with E-state index < -0.39 is 11.8 Å². The first kappa shape index (κ1) is 21.5. The lowest BCUT2D eigenvalue weighted by Crippen LogP contribution is -2.31. The van der Waals surface area contributed by atoms with Gasteiger partial charge in [0.2, 0.25) is 5.91 Å². The molecular weight excluding hydrogens is 458 g/mol. The molecular formula is C23H21N5O3S2. The molecule has 10 heteroatoms. The first-order valence-electron chi connectivity index (χ1n) is 10.6. The Labute approximate surface area is 197 Å². The first-order chi connectivity index (χ1) is 15.9. The number of aromatic nitrogens is 3. The number of amides is 2. The highest BCUT2D eigenvalue weighted by Crippen LogP contribution is 2.36. The minimum atomic E-state index is -0.638. The van der Waals surface area contributed by atoms with E-state index in [0.717, 1.165) is 39.9 Å². The third-order valence-corrected chi connectivity index (χ3v) is 8.03. The number of anilines is 1. The van der Waals surface area contributed by atoms with E-state index in [0.29, 0.717) is 21.1 Å². The predicted octanol–water partition coefficient (Wildman–Crippen LogP) is 3.44. The summed E-state index contributed by atoms with van der Waals surface area (Å²) in [6.07, 6.45) is 2.80. The lowest BCUT2D eigenvalue weighted by Gasteiger charge is -2.17. The number of hydrogen-bond acceptors (Lipinski definition) is 7. The fraction of sp³-hybridized carbons (Fsp3) is 0.261. The zero-order chi connectivity index (χ0) is 23.1. The van der Waals surface area contributed by atoms with E-state index in [1.165, 1.54) is 27.6 Å². The Bertz CT molecular complexity index is 1440. The van der Waals surface area contributed by atoms with Crippen LogP contribution in [0.3, 0.4) is 0 Å². The van der Waals surface area contributed by atoms with E-state index in [-0.39, 0.29) is 17.7 Å². The predicted molar refractivity (Wildman–Crippen MR) is 130 cm³/mol. The van der Waals surface area contributed by atoms with Gasteiger partial charge in [0.1, 0.15) is 11.5 Å². The second kappa shape index (κ2) is 8.53. The van der Waals surface area contributed by atoms with E-state index >= 15 is 0 Å². The molecule has 1 aliphatic carbocycles. The van der Waals surface area contributed by atoms with Crippen LogP contribution in [0.15, 0.2) is 41.2 Å². The zero-order valence-corrected chi connectivity index (χ0v) is 19.5. The molecule has 1 aromatic carbocycles. The molecule has 0 spiro atoms. The Hall–Kier alpha value is -3.37. The van der Waals surface area contributed by atoms with Crippen molar-refractivity contribution in [2.45, 2.75) is 32.7 Å². The molecule has 0 unspecified atom stereocenters. The van der Waals surface area contributed by atoms with Gasteiger partial charge in [-0.05, 0) is 42.4 Å². The van der Waals surface area contributed by atoms with E-state index in [4.69, 9.17) is 5.73 Å². The Morgan fingerprint density at radius 1 is 1.24 bits per heavy atom. The number of carbonyl (C=O) groups is 2. The molecule has 0 aliphatic heterocycles. The largest absolute Gasteiger partial charge is 0.366 e. The second-order valence-corrected chi connectivity index (χ2v) is 10.4. The van der Waals surface area contributed by atoms with Gasteiger partial charge in [0, 0.05) is 9.75 Å². The Kier molecular flexibility index (Phi) is 5.55. The summed E-state index contributed by atoms with van der Waals surface area (Å²) in [6, 6.07) is 11.2. The average molecular weight is 480 g/mol. The van der Waals surface area contributed by atoms with Crippen molar-refractivity contribution in [3.8, 4) is 10.4 Å². The number of benzene rings is 1. The summed E-state index contributed by atoms with van der Waals surface area (Å²) in [5.41, 5.74) is 7.39. The summed E-state index contributed by atoms with van der Waals surface area (Å²) in [4.78, 5) is 40.4. The van der Waals surface area contributed by atoms with Crippen molar-refractivity contribution < 1.29 is 9.59 Å². The summed E-state index contributed by atoms with van der Waals surface area (Å²) >= 11 is 2.77. The molecule has 0 bridgehead atoms. The van der Waals surface area contributed by atoms with Crippen molar-refractivity contribution in [2.75, 3.05) is 5.32 Å². The van der Waals surface area contributed by atoms with E-state index in [9.17, 15) is 14.4 Å². The topological polar surface area (TPSA) is 120 Å². The molecule has 0 saturated heterocycles. The second-order valence-electron chi connectivity index (χ2n) is 8.22. The van der Waals surface area contributed by atoms with Gasteiger partial charge in [-0.1, -0.05) is 42.5 Å². The molecule has 4 aromatic rings. The van der Waals surface area contributed by atoms with Gasteiger partial charge >= 0.3 is 0 Å². The third kappa shape index (κ3) is 4.07. The van der Waals surface area contributed by atoms with Crippen LogP contribution in [-0.4, -0.2) is 26.8 Å². The highest BCUT2D eigenvalue weighted by Gasteiger charge is 2.24. The lowest BCUT2D eigenvalue weighted by molar-refractivity contribution is -0.117. The summed E-state index contributed by atoms with van der Waals surface area (Å²) < 4.78 is 1.08. The lowest BCUT2D eigenvalue weighted by atomic mass is 9.89. The van der Waals surface area contributed by atoms with Crippen LogP contribution in [0.5, 0.6) is 0 Å². The molecule has 1 atom stereocenters. The van der Waals surface area contributed by atoms with E-state index in [1.54, 1.807) is 6.07 Å². The van der Waals surface area contributed by atoms with E-state index in [1.807, 2.05) is 30.3 Å². The molecule has 0 radical (unpaired) electrons. The minimum Gasteiger partial charge on any atom is -0.366 e. The van der Waals surface area contributed by atoms with Crippen molar-refractivity contribution in [2.24, 2.45) is 11.7 Å². The van der Waals surface area contributed by atoms with Crippen LogP contribution < -0.4 is 16.6 Å². The van der Waals surface area contributed by atoms with Gasteiger partial charge in [0.25, 0.3) is 11.5 Å². The molecule has 5 rings (SSSR count). The van der Waals surface area contributed by atoms with Crippen molar-refractivity contribution in [3.05, 3.63) is 62.8 Å². The number of nitrogens with one attached hydrogen (secondary N) is 1. The van der Waals surface area contributed by atoms with Crippen LogP contribution in [-0.2, 0) is 24.2 Å². The summed E-state index contributed by atoms with van der Waals surface area (Å²) in [6.45, 7) is 1.90. The number of primary amides is 1. The number of hydrogen-bond donors (Lipinski definition) is 2. The molecule has 2 amide bonds. The highest BCUT2D eigenvalue weighted by atomic mass is 32.1. The zero-order valence-electron chi connectivity index (χ0n) is 17.8. The Morgan fingerprint density at radius 3 is 2.79 bits per heavy atom. The van der Waals surface area contributed by atoms with Crippen LogP contribution in [0.2, 0.25) is 0 Å². The van der Waals surface area contributed by atoms with Crippen LogP contribution in [0.25, 0.3) is 20.7 Å². The maximum Gasteiger partial charge on any atom is 0.279 e. The van der Waals surface area contributed by atoms with Crippen LogP contribution in [0.4, 0.5) is 5.00 Å². The minimum absolute atomic E-state index is 0.224. The number of fused-ring (bicyclic) bond motifs is 3. The molecule has 3 aromatic heterocycles. The van der Waals surface area contributed by atoms with Crippen molar-refractivity contribution in [1.29, 1.82) is 0 Å². The van der Waals surface area contributed by atoms with Gasteiger partial charge in [0.15, 0.2) is 4.83 Å². The molecule has 3 N–H and O–H groups in total. The Morgan fingerprint density at radius 2 is 2.03 bits per heavy atom. The van der Waals surface area contributed by atoms with Crippen LogP contribution >= 0.6 is 22.7 Å². The standard InChI is InChI=1S/C23H21N5O3S2/c1-12-7-8-14-17(9-12)33-22-19(14)23(31)28(27-26-22)11-18(29)25-21-15(20(24)30)10-16(32-21)13-5-3-2-4-6-13/h2-6,10,12H,7-9,11H2,1H3,(H2,24,30)(H,25,29)/t12-/m0/s1. The maximum atomic E-state index is 13.1. The summed E-state index contributed by atoms with van der Waals surface area (Å²) in [5, 5.41) is 11.8. The van der Waals surface area contributed by atoms with Crippen LogP contribution in [0.1, 0.15) is 34.1 Å². The molecule has 168 valence electrons. The smallest absolute Gasteiger partial charge is 0.279 e. The van der Waals surface area contributed by atoms with E-state index in [2.05, 4.69) is 22.6 Å². The van der Waals surface area contributed by atoms with Gasteiger partial charge in [-0.25, -0.2) is 4.68 Å². The average Bonchev–Trinajstić information content (AvgIpc) is 3.37. The molecule has 1 aliphatic rings. The number of carbonyl (C=O) groups excluding carboxylic acids is 2. The van der Waals surface area contributed by atoms with Crippen LogP contribution in [0, 0.1) is 5.92 Å². The number of aryl methyl sites for hydroxylation is 1. The number of nitrogens with two attached hydrogens (primary N) is 1. The van der Waals surface area contributed by atoms with Gasteiger partial charge in [-0.3, -0.25) is 14.4 Å². The first-order valence-corrected chi connectivity index (χ1v) is 12.2. The van der Waals surface area contributed by atoms with Crippen molar-refractivity contribution in [1.82, 2.24) is 15.0 Å². The Balaban J connectivity index is 1.42. The van der Waals surface area contributed by atoms with Gasteiger partial charge in [0.05, 0.1) is 10.9 Å². The molecule has 3 heterocycles. The fourth-order valence-corrected chi connectivity index (χ4v) is 6.51. The number of thiophene rings is 2. The number of rotatable bonds is 5. The monoisotopic (exact) mass is 479 g/mol. The fourth-order valence-electron chi connectivity index (χ4n) is 4.11.